The average Bonchev–Trinajstić information content (AvgIpc) is 2.37. The largest absolute Gasteiger partial charge is 0.378 e. The maximum atomic E-state index is 6.05. The molecule has 0 aliphatic carbocycles. The van der Waals surface area contributed by atoms with Crippen molar-refractivity contribution in [3.05, 3.63) is 62.0 Å². The fourth-order valence-corrected chi connectivity index (χ4v) is 2.52. The van der Waals surface area contributed by atoms with Gasteiger partial charge in [-0.05, 0) is 65.2 Å². The van der Waals surface area contributed by atoms with Crippen molar-refractivity contribution in [2.24, 2.45) is 0 Å². The van der Waals surface area contributed by atoms with Gasteiger partial charge in [-0.25, -0.2) is 0 Å². The molecule has 0 aromatic heterocycles. The number of rotatable bonds is 3. The predicted molar refractivity (Wildman–Crippen MR) is 87.4 cm³/mol. The highest BCUT2D eigenvalue weighted by Gasteiger charge is 2.09. The number of aryl methyl sites for hydroxylation is 1. The standard InChI is InChI=1S/C15H14BrCl2N/c1-9-3-5-12(16)15(7-9)19-10(2)11-4-6-13(17)14(18)8-11/h3-8,10,19H,1-2H3. The number of hydrogen-bond acceptors (Lipinski definition) is 1. The SMILES string of the molecule is Cc1ccc(Br)c(NC(C)c2ccc(Cl)c(Cl)c2)c1. The molecule has 0 aliphatic heterocycles. The lowest BCUT2D eigenvalue weighted by molar-refractivity contribution is 0.883. The van der Waals surface area contributed by atoms with Gasteiger partial charge in [0, 0.05) is 16.2 Å². The second-order valence-corrected chi connectivity index (χ2v) is 6.19. The zero-order chi connectivity index (χ0) is 14.0. The highest BCUT2D eigenvalue weighted by Crippen LogP contribution is 2.30. The molecule has 0 fully saturated rings. The molecule has 0 heterocycles. The Balaban J connectivity index is 2.22. The van der Waals surface area contributed by atoms with Gasteiger partial charge in [0.05, 0.1) is 10.0 Å². The van der Waals surface area contributed by atoms with E-state index in [1.54, 1.807) is 0 Å². The van der Waals surface area contributed by atoms with Crippen molar-refractivity contribution in [1.82, 2.24) is 0 Å². The summed E-state index contributed by atoms with van der Waals surface area (Å²) in [6.45, 7) is 4.16. The van der Waals surface area contributed by atoms with Crippen LogP contribution in [0.15, 0.2) is 40.9 Å². The van der Waals surface area contributed by atoms with E-state index in [9.17, 15) is 0 Å². The van der Waals surface area contributed by atoms with Crippen molar-refractivity contribution in [2.75, 3.05) is 5.32 Å². The molecule has 19 heavy (non-hydrogen) atoms. The van der Waals surface area contributed by atoms with Gasteiger partial charge in [0.1, 0.15) is 0 Å². The molecule has 0 saturated heterocycles. The summed E-state index contributed by atoms with van der Waals surface area (Å²) >= 11 is 15.5. The zero-order valence-electron chi connectivity index (χ0n) is 10.7. The van der Waals surface area contributed by atoms with E-state index in [0.717, 1.165) is 15.7 Å². The predicted octanol–water partition coefficient (Wildman–Crippen LogP) is 6.24. The van der Waals surface area contributed by atoms with Crippen molar-refractivity contribution in [3.63, 3.8) is 0 Å². The first-order valence-corrected chi connectivity index (χ1v) is 7.50. The summed E-state index contributed by atoms with van der Waals surface area (Å²) in [4.78, 5) is 0. The van der Waals surface area contributed by atoms with Crippen molar-refractivity contribution >= 4 is 44.8 Å². The van der Waals surface area contributed by atoms with Crippen molar-refractivity contribution in [3.8, 4) is 0 Å². The van der Waals surface area contributed by atoms with Crippen LogP contribution in [0.25, 0.3) is 0 Å². The molecular formula is C15H14BrCl2N. The second-order valence-electron chi connectivity index (χ2n) is 4.52. The maximum absolute atomic E-state index is 6.05. The lowest BCUT2D eigenvalue weighted by Crippen LogP contribution is -2.07. The van der Waals surface area contributed by atoms with E-state index >= 15 is 0 Å². The molecule has 1 atom stereocenters. The van der Waals surface area contributed by atoms with Crippen LogP contribution in [-0.2, 0) is 0 Å². The number of halogens is 3. The number of benzene rings is 2. The van der Waals surface area contributed by atoms with Gasteiger partial charge in [-0.15, -0.1) is 0 Å². The summed E-state index contributed by atoms with van der Waals surface area (Å²) in [7, 11) is 0. The molecule has 0 amide bonds. The van der Waals surface area contributed by atoms with Gasteiger partial charge in [-0.3, -0.25) is 0 Å². The highest BCUT2D eigenvalue weighted by atomic mass is 79.9. The second kappa shape index (κ2) is 6.17. The van der Waals surface area contributed by atoms with Crippen LogP contribution in [0.3, 0.4) is 0 Å². The minimum atomic E-state index is 0.146. The topological polar surface area (TPSA) is 12.0 Å². The molecule has 4 heteroatoms. The number of hydrogen-bond donors (Lipinski definition) is 1. The molecule has 100 valence electrons. The summed E-state index contributed by atoms with van der Waals surface area (Å²) in [5.41, 5.74) is 3.38. The molecule has 1 unspecified atom stereocenters. The Labute approximate surface area is 132 Å². The molecule has 2 rings (SSSR count). The molecule has 2 aromatic rings. The minimum absolute atomic E-state index is 0.146. The van der Waals surface area contributed by atoms with Crippen LogP contribution in [0.2, 0.25) is 10.0 Å². The summed E-state index contributed by atoms with van der Waals surface area (Å²) in [6.07, 6.45) is 0. The first-order chi connectivity index (χ1) is 8.97. The fraction of sp³-hybridized carbons (Fsp3) is 0.200. The number of nitrogens with one attached hydrogen (secondary N) is 1. The van der Waals surface area contributed by atoms with Crippen molar-refractivity contribution in [1.29, 1.82) is 0 Å². The Morgan fingerprint density at radius 1 is 1.05 bits per heavy atom. The monoisotopic (exact) mass is 357 g/mol. The van der Waals surface area contributed by atoms with Crippen molar-refractivity contribution < 1.29 is 0 Å². The molecular weight excluding hydrogens is 345 g/mol. The third kappa shape index (κ3) is 3.65. The quantitative estimate of drug-likeness (QED) is 0.684. The zero-order valence-corrected chi connectivity index (χ0v) is 13.8. The van der Waals surface area contributed by atoms with Gasteiger partial charge in [-0.1, -0.05) is 35.3 Å². The normalized spacial score (nSPS) is 12.3. The minimum Gasteiger partial charge on any atom is -0.378 e. The fourth-order valence-electron chi connectivity index (χ4n) is 1.85. The van der Waals surface area contributed by atoms with E-state index in [2.05, 4.69) is 47.2 Å². The van der Waals surface area contributed by atoms with E-state index in [0.29, 0.717) is 10.0 Å². The van der Waals surface area contributed by atoms with E-state index in [1.807, 2.05) is 24.3 Å². The molecule has 0 saturated carbocycles. The van der Waals surface area contributed by atoms with E-state index in [-0.39, 0.29) is 6.04 Å². The Hall–Kier alpha value is -0.700. The molecule has 2 aromatic carbocycles. The lowest BCUT2D eigenvalue weighted by atomic mass is 10.1. The van der Waals surface area contributed by atoms with E-state index < -0.39 is 0 Å². The molecule has 1 nitrogen and oxygen atoms in total. The molecule has 0 aliphatic rings. The van der Waals surface area contributed by atoms with Crippen molar-refractivity contribution in [2.45, 2.75) is 19.9 Å². The van der Waals surface area contributed by atoms with Gasteiger partial charge in [0.15, 0.2) is 0 Å². The van der Waals surface area contributed by atoms with Gasteiger partial charge < -0.3 is 5.32 Å². The highest BCUT2D eigenvalue weighted by molar-refractivity contribution is 9.10. The van der Waals surface area contributed by atoms with Crippen LogP contribution in [-0.4, -0.2) is 0 Å². The molecule has 0 bridgehead atoms. The lowest BCUT2D eigenvalue weighted by Gasteiger charge is -2.18. The Bertz CT molecular complexity index is 599. The van der Waals surface area contributed by atoms with Gasteiger partial charge >= 0.3 is 0 Å². The van der Waals surface area contributed by atoms with E-state index in [4.69, 9.17) is 23.2 Å². The van der Waals surface area contributed by atoms with Crippen LogP contribution in [0.1, 0.15) is 24.1 Å². The Morgan fingerprint density at radius 3 is 2.47 bits per heavy atom. The molecule has 0 spiro atoms. The summed E-state index contributed by atoms with van der Waals surface area (Å²) in [6, 6.07) is 12.1. The summed E-state index contributed by atoms with van der Waals surface area (Å²) in [5, 5.41) is 4.62. The van der Waals surface area contributed by atoms with Gasteiger partial charge in [-0.2, -0.15) is 0 Å². The average molecular weight is 359 g/mol. The van der Waals surface area contributed by atoms with Gasteiger partial charge in [0.25, 0.3) is 0 Å². The Morgan fingerprint density at radius 2 is 1.79 bits per heavy atom. The Kier molecular flexibility index (Phi) is 4.77. The van der Waals surface area contributed by atoms with Crippen LogP contribution in [0.5, 0.6) is 0 Å². The van der Waals surface area contributed by atoms with Crippen LogP contribution < -0.4 is 5.32 Å². The van der Waals surface area contributed by atoms with Crippen LogP contribution >= 0.6 is 39.1 Å². The summed E-state index contributed by atoms with van der Waals surface area (Å²) < 4.78 is 1.05. The van der Waals surface area contributed by atoms with Crippen LogP contribution in [0, 0.1) is 6.92 Å². The molecule has 0 radical (unpaired) electrons. The number of anilines is 1. The molecule has 1 N–H and O–H groups in total. The summed E-state index contributed by atoms with van der Waals surface area (Å²) in [5.74, 6) is 0. The third-order valence-corrected chi connectivity index (χ3v) is 4.37. The first-order valence-electron chi connectivity index (χ1n) is 5.95. The smallest absolute Gasteiger partial charge is 0.0595 e. The van der Waals surface area contributed by atoms with E-state index in [1.165, 1.54) is 5.56 Å². The van der Waals surface area contributed by atoms with Gasteiger partial charge in [0.2, 0.25) is 0 Å². The third-order valence-electron chi connectivity index (χ3n) is 2.94. The first kappa shape index (κ1) is 14.7. The maximum Gasteiger partial charge on any atom is 0.0595 e. The van der Waals surface area contributed by atoms with Crippen LogP contribution in [0.4, 0.5) is 5.69 Å².